The molecule has 0 unspecified atom stereocenters. The second-order valence-corrected chi connectivity index (χ2v) is 6.96. The van der Waals surface area contributed by atoms with Crippen molar-refractivity contribution in [3.8, 4) is 17.2 Å². The molecule has 0 saturated carbocycles. The average molecular weight is 392 g/mol. The van der Waals surface area contributed by atoms with E-state index in [0.717, 1.165) is 22.7 Å². The summed E-state index contributed by atoms with van der Waals surface area (Å²) in [5, 5.41) is 3.29. The van der Waals surface area contributed by atoms with Gasteiger partial charge in [-0.1, -0.05) is 18.2 Å². The van der Waals surface area contributed by atoms with Crippen molar-refractivity contribution in [1.29, 1.82) is 0 Å². The Bertz CT molecular complexity index is 942. The molecule has 0 aliphatic carbocycles. The van der Waals surface area contributed by atoms with E-state index in [1.165, 1.54) is 11.1 Å². The summed E-state index contributed by atoms with van der Waals surface area (Å²) in [5.41, 5.74) is 4.68. The number of nitrogens with zero attached hydrogens (tertiary/aromatic N) is 1. The third-order valence-corrected chi connectivity index (χ3v) is 4.73. The average Bonchev–Trinajstić information content (AvgIpc) is 2.74. The number of aryl methyl sites for hydroxylation is 2. The van der Waals surface area contributed by atoms with Crippen LogP contribution in [0.1, 0.15) is 22.3 Å². The number of hydrogen-bond donors (Lipinski definition) is 1. The third-order valence-electron chi connectivity index (χ3n) is 4.73. The summed E-state index contributed by atoms with van der Waals surface area (Å²) in [7, 11) is 1.65. The Morgan fingerprint density at radius 2 is 1.66 bits per heavy atom. The van der Waals surface area contributed by atoms with E-state index >= 15 is 0 Å². The minimum atomic E-state index is 0.439. The molecule has 0 fully saturated rings. The normalized spacial score (nSPS) is 10.5. The van der Waals surface area contributed by atoms with E-state index in [1.54, 1.807) is 13.3 Å². The van der Waals surface area contributed by atoms with E-state index in [-0.39, 0.29) is 0 Å². The Morgan fingerprint density at radius 1 is 0.862 bits per heavy atom. The lowest BCUT2D eigenvalue weighted by atomic mass is 10.1. The van der Waals surface area contributed by atoms with Crippen molar-refractivity contribution in [3.05, 3.63) is 77.0 Å². The molecule has 3 rings (SSSR count). The molecule has 2 aromatic carbocycles. The van der Waals surface area contributed by atoms with Gasteiger partial charge in [0, 0.05) is 12.7 Å². The van der Waals surface area contributed by atoms with Gasteiger partial charge in [-0.25, -0.2) is 4.98 Å². The van der Waals surface area contributed by atoms with Gasteiger partial charge in [0.15, 0.2) is 11.5 Å². The summed E-state index contributed by atoms with van der Waals surface area (Å²) < 4.78 is 17.3. The Hall–Kier alpha value is -3.21. The van der Waals surface area contributed by atoms with Crippen molar-refractivity contribution in [1.82, 2.24) is 4.98 Å². The van der Waals surface area contributed by atoms with Gasteiger partial charge in [-0.05, 0) is 73.4 Å². The molecule has 29 heavy (non-hydrogen) atoms. The van der Waals surface area contributed by atoms with Gasteiger partial charge in [-0.15, -0.1) is 0 Å². The SMILES string of the molecule is COc1cc(CNc2ccccn2)ccc1OCCOc1cc(C)cc(C)c1C. The maximum absolute atomic E-state index is 5.92. The van der Waals surface area contributed by atoms with Crippen LogP contribution in [0, 0.1) is 20.8 Å². The number of hydrogen-bond acceptors (Lipinski definition) is 5. The Kier molecular flexibility index (Phi) is 6.95. The van der Waals surface area contributed by atoms with Crippen molar-refractivity contribution in [2.24, 2.45) is 0 Å². The quantitative estimate of drug-likeness (QED) is 0.514. The molecule has 5 heteroatoms. The topological polar surface area (TPSA) is 52.6 Å². The fourth-order valence-corrected chi connectivity index (χ4v) is 3.06. The second kappa shape index (κ2) is 9.82. The summed E-state index contributed by atoms with van der Waals surface area (Å²) in [6.07, 6.45) is 1.77. The number of rotatable bonds is 9. The summed E-state index contributed by atoms with van der Waals surface area (Å²) in [5.74, 6) is 3.15. The Morgan fingerprint density at radius 3 is 2.38 bits per heavy atom. The maximum atomic E-state index is 5.92. The lowest BCUT2D eigenvalue weighted by molar-refractivity contribution is 0.210. The Labute approximate surface area is 172 Å². The van der Waals surface area contributed by atoms with Crippen LogP contribution in [-0.4, -0.2) is 25.3 Å². The number of methoxy groups -OCH3 is 1. The van der Waals surface area contributed by atoms with Gasteiger partial charge < -0.3 is 19.5 Å². The van der Waals surface area contributed by atoms with Crippen molar-refractivity contribution >= 4 is 5.82 Å². The minimum Gasteiger partial charge on any atom is -0.493 e. The fraction of sp³-hybridized carbons (Fsp3) is 0.292. The van der Waals surface area contributed by atoms with Gasteiger partial charge in [0.2, 0.25) is 0 Å². The van der Waals surface area contributed by atoms with Gasteiger partial charge >= 0.3 is 0 Å². The molecule has 0 radical (unpaired) electrons. The second-order valence-electron chi connectivity index (χ2n) is 6.96. The molecule has 5 nitrogen and oxygen atoms in total. The first-order valence-corrected chi connectivity index (χ1v) is 9.72. The molecule has 1 aromatic heterocycles. The molecular weight excluding hydrogens is 364 g/mol. The molecule has 0 spiro atoms. The van der Waals surface area contributed by atoms with E-state index in [4.69, 9.17) is 14.2 Å². The lowest BCUT2D eigenvalue weighted by Crippen LogP contribution is -2.11. The first-order valence-electron chi connectivity index (χ1n) is 9.72. The predicted molar refractivity (Wildman–Crippen MR) is 116 cm³/mol. The van der Waals surface area contributed by atoms with Crippen LogP contribution in [-0.2, 0) is 6.54 Å². The van der Waals surface area contributed by atoms with Crippen LogP contribution < -0.4 is 19.5 Å². The highest BCUT2D eigenvalue weighted by atomic mass is 16.5. The van der Waals surface area contributed by atoms with Crippen molar-refractivity contribution < 1.29 is 14.2 Å². The molecule has 3 aromatic rings. The summed E-state index contributed by atoms with van der Waals surface area (Å²) in [4.78, 5) is 4.26. The zero-order valence-electron chi connectivity index (χ0n) is 17.5. The van der Waals surface area contributed by atoms with Crippen LogP contribution in [0.3, 0.4) is 0 Å². The van der Waals surface area contributed by atoms with E-state index in [1.807, 2.05) is 36.4 Å². The van der Waals surface area contributed by atoms with E-state index < -0.39 is 0 Å². The number of ether oxygens (including phenoxy) is 3. The van der Waals surface area contributed by atoms with Gasteiger partial charge in [-0.2, -0.15) is 0 Å². The monoisotopic (exact) mass is 392 g/mol. The van der Waals surface area contributed by atoms with E-state index in [2.05, 4.69) is 43.2 Å². The first kappa shape index (κ1) is 20.5. The highest BCUT2D eigenvalue weighted by Gasteiger charge is 2.08. The third kappa shape index (κ3) is 5.64. The van der Waals surface area contributed by atoms with Gasteiger partial charge in [-0.3, -0.25) is 0 Å². The Balaban J connectivity index is 1.54. The number of aromatic nitrogens is 1. The van der Waals surface area contributed by atoms with Crippen molar-refractivity contribution in [3.63, 3.8) is 0 Å². The molecule has 0 saturated heterocycles. The highest BCUT2D eigenvalue weighted by molar-refractivity contribution is 5.45. The van der Waals surface area contributed by atoms with Gasteiger partial charge in [0.1, 0.15) is 24.8 Å². The molecular formula is C24H28N2O3. The standard InChI is InChI=1S/C24H28N2O3/c1-17-13-18(2)19(3)22(14-17)29-12-11-28-21-9-8-20(15-23(21)27-4)16-26-24-7-5-6-10-25-24/h5-10,13-15H,11-12,16H2,1-4H3,(H,25,26). The minimum absolute atomic E-state index is 0.439. The largest absolute Gasteiger partial charge is 0.493 e. The van der Waals surface area contributed by atoms with E-state index in [9.17, 15) is 0 Å². The van der Waals surface area contributed by atoms with Crippen molar-refractivity contribution in [2.75, 3.05) is 25.6 Å². The molecule has 0 aliphatic rings. The van der Waals surface area contributed by atoms with Crippen LogP contribution in [0.2, 0.25) is 0 Å². The van der Waals surface area contributed by atoms with Crippen LogP contribution in [0.25, 0.3) is 0 Å². The molecule has 0 atom stereocenters. The van der Waals surface area contributed by atoms with Crippen molar-refractivity contribution in [2.45, 2.75) is 27.3 Å². The summed E-state index contributed by atoms with van der Waals surface area (Å²) in [6.45, 7) is 7.81. The highest BCUT2D eigenvalue weighted by Crippen LogP contribution is 2.28. The molecule has 1 N–H and O–H groups in total. The summed E-state index contributed by atoms with van der Waals surface area (Å²) in [6, 6.07) is 15.9. The molecule has 0 aliphatic heterocycles. The molecule has 0 bridgehead atoms. The lowest BCUT2D eigenvalue weighted by Gasteiger charge is -2.15. The molecule has 152 valence electrons. The maximum Gasteiger partial charge on any atom is 0.161 e. The number of nitrogens with one attached hydrogen (secondary N) is 1. The molecule has 0 amide bonds. The molecule has 1 heterocycles. The summed E-state index contributed by atoms with van der Waals surface area (Å²) >= 11 is 0. The van der Waals surface area contributed by atoms with Crippen LogP contribution in [0.15, 0.2) is 54.7 Å². The number of pyridine rings is 1. The number of benzene rings is 2. The first-order chi connectivity index (χ1) is 14.1. The number of anilines is 1. The fourth-order valence-electron chi connectivity index (χ4n) is 3.06. The smallest absolute Gasteiger partial charge is 0.161 e. The zero-order valence-corrected chi connectivity index (χ0v) is 17.5. The predicted octanol–water partition coefficient (Wildman–Crippen LogP) is 5.09. The van der Waals surface area contributed by atoms with Crippen LogP contribution in [0.5, 0.6) is 17.2 Å². The van der Waals surface area contributed by atoms with Gasteiger partial charge in [0.05, 0.1) is 7.11 Å². The van der Waals surface area contributed by atoms with Crippen LogP contribution in [0.4, 0.5) is 5.82 Å². The van der Waals surface area contributed by atoms with E-state index in [0.29, 0.717) is 31.3 Å². The van der Waals surface area contributed by atoms with Crippen LogP contribution >= 0.6 is 0 Å². The zero-order chi connectivity index (χ0) is 20.6. The van der Waals surface area contributed by atoms with Gasteiger partial charge in [0.25, 0.3) is 0 Å².